The molecule has 1 aliphatic carbocycles. The number of nitrogens with one attached hydrogen (secondary N) is 1. The Morgan fingerprint density at radius 1 is 1.08 bits per heavy atom. The summed E-state index contributed by atoms with van der Waals surface area (Å²) >= 11 is 0. The quantitative estimate of drug-likeness (QED) is 0.208. The number of hydrogen-bond donors (Lipinski definition) is 1. The van der Waals surface area contributed by atoms with Crippen LogP contribution in [0.3, 0.4) is 0 Å². The fourth-order valence-corrected chi connectivity index (χ4v) is 8.54. The molecule has 274 valence electrons. The molecule has 0 radical (unpaired) electrons. The molecule has 8 rings (SSSR count). The van der Waals surface area contributed by atoms with E-state index in [2.05, 4.69) is 32.4 Å². The van der Waals surface area contributed by atoms with Gasteiger partial charge in [-0.05, 0) is 87.6 Å². The summed E-state index contributed by atoms with van der Waals surface area (Å²) < 4.78 is 18.6. The number of amides is 1. The second-order valence-corrected chi connectivity index (χ2v) is 15.0. The number of benzene rings is 2. The molecule has 0 bridgehead atoms. The molecule has 0 atom stereocenters. The van der Waals surface area contributed by atoms with E-state index in [4.69, 9.17) is 24.2 Å². The van der Waals surface area contributed by atoms with Gasteiger partial charge in [-0.1, -0.05) is 12.6 Å². The van der Waals surface area contributed by atoms with Crippen LogP contribution in [0, 0.1) is 12.3 Å². The van der Waals surface area contributed by atoms with Gasteiger partial charge in [0.2, 0.25) is 5.91 Å². The fraction of sp³-hybridized carbons (Fsp3) is 0.525. The highest BCUT2D eigenvalue weighted by Crippen LogP contribution is 2.53. The molecule has 52 heavy (non-hydrogen) atoms. The molecule has 1 N–H and O–H groups in total. The van der Waals surface area contributed by atoms with Crippen LogP contribution in [0.15, 0.2) is 42.0 Å². The van der Waals surface area contributed by atoms with Gasteiger partial charge in [-0.15, -0.1) is 0 Å². The predicted octanol–water partition coefficient (Wildman–Crippen LogP) is 5.22. The summed E-state index contributed by atoms with van der Waals surface area (Å²) in [4.78, 5) is 50.2. The van der Waals surface area contributed by atoms with Crippen molar-refractivity contribution in [2.24, 2.45) is 5.41 Å². The molecule has 1 saturated carbocycles. The monoisotopic (exact) mass is 707 g/mol. The lowest BCUT2D eigenvalue weighted by molar-refractivity contribution is -0.139. The SMILES string of the molecule is C=CC(=O)N1CC2(CCN(c3nc(OC4CCN(CCOC)CC4)nc4c(OCC)c(-c5c(C)ccc6nc[nH]c(=O)c56)c(C5CC5)cc34)CC2)C1. The van der Waals surface area contributed by atoms with E-state index in [0.717, 1.165) is 118 Å². The number of rotatable bonds is 11. The predicted molar refractivity (Wildman–Crippen MR) is 201 cm³/mol. The first-order valence-corrected chi connectivity index (χ1v) is 18.8. The van der Waals surface area contributed by atoms with Crippen LogP contribution < -0.4 is 19.9 Å². The number of nitrogens with zero attached hydrogens (tertiary/aromatic N) is 6. The Morgan fingerprint density at radius 3 is 2.54 bits per heavy atom. The Kier molecular flexibility index (Phi) is 9.37. The van der Waals surface area contributed by atoms with Crippen molar-refractivity contribution in [3.05, 3.63) is 58.7 Å². The number of piperidine rings is 2. The van der Waals surface area contributed by atoms with E-state index in [1.165, 1.54) is 12.4 Å². The zero-order valence-electron chi connectivity index (χ0n) is 30.6. The number of anilines is 1. The molecule has 5 heterocycles. The lowest BCUT2D eigenvalue weighted by Crippen LogP contribution is -2.61. The summed E-state index contributed by atoms with van der Waals surface area (Å²) in [6.07, 6.45) is 8.67. The molecular formula is C40H49N7O5. The summed E-state index contributed by atoms with van der Waals surface area (Å²) in [7, 11) is 1.74. The average Bonchev–Trinajstić information content (AvgIpc) is 3.99. The van der Waals surface area contributed by atoms with Crippen LogP contribution in [0.2, 0.25) is 0 Å². The van der Waals surface area contributed by atoms with E-state index in [9.17, 15) is 9.59 Å². The topological polar surface area (TPSA) is 126 Å². The van der Waals surface area contributed by atoms with E-state index < -0.39 is 0 Å². The lowest BCUT2D eigenvalue weighted by atomic mass is 9.72. The Bertz CT molecular complexity index is 2050. The van der Waals surface area contributed by atoms with Gasteiger partial charge in [0, 0.05) is 74.9 Å². The third-order valence-electron chi connectivity index (χ3n) is 11.6. The standard InChI is InChI=1S/C40H49N7O5/c1-5-31(48)47-22-40(23-47)13-17-46(18-14-40)37-29-21-28(26-8-9-26)33(32-25(3)7-10-30-34(32)38(49)42-24-41-30)36(51-6-2)35(29)43-39(44-37)52-27-11-15-45(16-12-27)19-20-50-4/h5,7,10,21,24,26-27H,1,6,8-9,11-20,22-23H2,2-4H3,(H,41,42,49). The first-order valence-electron chi connectivity index (χ1n) is 18.8. The van der Waals surface area contributed by atoms with Gasteiger partial charge in [0.05, 0.1) is 30.4 Å². The van der Waals surface area contributed by atoms with Crippen molar-refractivity contribution in [3.63, 3.8) is 0 Å². The number of aromatic amines is 1. The number of ether oxygens (including phenoxy) is 3. The molecule has 2 aromatic heterocycles. The van der Waals surface area contributed by atoms with Gasteiger partial charge in [0.25, 0.3) is 5.56 Å². The minimum absolute atomic E-state index is 0.00670. The van der Waals surface area contributed by atoms with Crippen molar-refractivity contribution < 1.29 is 19.0 Å². The van der Waals surface area contributed by atoms with Gasteiger partial charge in [-0.25, -0.2) is 4.98 Å². The Morgan fingerprint density at radius 2 is 1.85 bits per heavy atom. The van der Waals surface area contributed by atoms with Gasteiger partial charge >= 0.3 is 6.01 Å². The molecule has 1 amide bonds. The van der Waals surface area contributed by atoms with Gasteiger partial charge in [0.15, 0.2) is 5.75 Å². The first kappa shape index (κ1) is 34.5. The van der Waals surface area contributed by atoms with E-state index in [1.807, 2.05) is 30.9 Å². The van der Waals surface area contributed by atoms with Crippen LogP contribution in [0.1, 0.15) is 62.5 Å². The maximum atomic E-state index is 13.5. The second kappa shape index (κ2) is 14.1. The highest BCUT2D eigenvalue weighted by atomic mass is 16.5. The number of hydrogen-bond acceptors (Lipinski definition) is 10. The summed E-state index contributed by atoms with van der Waals surface area (Å²) in [5.41, 5.74) is 5.18. The minimum atomic E-state index is -0.177. The third-order valence-corrected chi connectivity index (χ3v) is 11.6. The molecule has 1 spiro atoms. The molecule has 3 aliphatic heterocycles. The number of aryl methyl sites for hydroxylation is 1. The number of aromatic nitrogens is 4. The van der Waals surface area contributed by atoms with E-state index in [-0.39, 0.29) is 23.0 Å². The number of carbonyl (C=O) groups excluding carboxylic acids is 1. The molecule has 12 heteroatoms. The molecule has 3 saturated heterocycles. The maximum Gasteiger partial charge on any atom is 0.319 e. The molecule has 4 aromatic rings. The second-order valence-electron chi connectivity index (χ2n) is 15.0. The Balaban J connectivity index is 1.25. The molecule has 2 aromatic carbocycles. The van der Waals surface area contributed by atoms with Crippen molar-refractivity contribution in [2.45, 2.75) is 64.4 Å². The average molecular weight is 708 g/mol. The largest absolute Gasteiger partial charge is 0.491 e. The highest BCUT2D eigenvalue weighted by molar-refractivity contribution is 6.05. The number of H-pyrrole nitrogens is 1. The smallest absolute Gasteiger partial charge is 0.319 e. The fourth-order valence-electron chi connectivity index (χ4n) is 8.54. The van der Waals surface area contributed by atoms with Gasteiger partial charge in [-0.2, -0.15) is 9.97 Å². The molecule has 0 unspecified atom stereocenters. The Hall–Kier alpha value is -4.55. The van der Waals surface area contributed by atoms with Crippen LogP contribution in [-0.4, -0.2) is 108 Å². The number of likely N-dealkylation sites (tertiary alicyclic amines) is 2. The maximum absolute atomic E-state index is 13.5. The van der Waals surface area contributed by atoms with E-state index in [0.29, 0.717) is 47.3 Å². The molecular weight excluding hydrogens is 658 g/mol. The van der Waals surface area contributed by atoms with Gasteiger partial charge in [0.1, 0.15) is 17.4 Å². The van der Waals surface area contributed by atoms with Crippen LogP contribution in [-0.2, 0) is 9.53 Å². The number of fused-ring (bicyclic) bond motifs is 2. The molecule has 12 nitrogen and oxygen atoms in total. The van der Waals surface area contributed by atoms with Crippen LogP contribution in [0.5, 0.6) is 11.8 Å². The zero-order chi connectivity index (χ0) is 36.0. The Labute approximate surface area is 304 Å². The van der Waals surface area contributed by atoms with E-state index >= 15 is 0 Å². The number of methoxy groups -OCH3 is 1. The van der Waals surface area contributed by atoms with E-state index in [1.54, 1.807) is 7.11 Å². The van der Waals surface area contributed by atoms with Crippen molar-refractivity contribution in [1.29, 1.82) is 0 Å². The molecule has 4 fully saturated rings. The summed E-state index contributed by atoms with van der Waals surface area (Å²) in [5.74, 6) is 1.86. The highest BCUT2D eigenvalue weighted by Gasteiger charge is 2.46. The van der Waals surface area contributed by atoms with Crippen molar-refractivity contribution in [1.82, 2.24) is 29.7 Å². The van der Waals surface area contributed by atoms with Crippen LogP contribution >= 0.6 is 0 Å². The van der Waals surface area contributed by atoms with Crippen molar-refractivity contribution in [2.75, 3.05) is 71.0 Å². The van der Waals surface area contributed by atoms with Gasteiger partial charge < -0.3 is 33.9 Å². The van der Waals surface area contributed by atoms with Crippen LogP contribution in [0.25, 0.3) is 32.9 Å². The van der Waals surface area contributed by atoms with Crippen LogP contribution in [0.4, 0.5) is 5.82 Å². The number of carbonyl (C=O) groups is 1. The van der Waals surface area contributed by atoms with Crippen molar-refractivity contribution >= 4 is 33.5 Å². The minimum Gasteiger partial charge on any atom is -0.491 e. The molecule has 4 aliphatic rings. The van der Waals surface area contributed by atoms with Gasteiger partial charge in [-0.3, -0.25) is 9.59 Å². The summed E-state index contributed by atoms with van der Waals surface area (Å²) in [6.45, 7) is 14.8. The zero-order valence-corrected chi connectivity index (χ0v) is 30.6. The first-order chi connectivity index (χ1) is 25.3. The normalized spacial score (nSPS) is 19.3. The summed E-state index contributed by atoms with van der Waals surface area (Å²) in [6, 6.07) is 6.56. The lowest BCUT2D eigenvalue weighted by Gasteiger charge is -2.54. The summed E-state index contributed by atoms with van der Waals surface area (Å²) in [5, 5.41) is 1.50. The third kappa shape index (κ3) is 6.40. The van der Waals surface area contributed by atoms with Crippen molar-refractivity contribution in [3.8, 4) is 22.9 Å².